The fourth-order valence-electron chi connectivity index (χ4n) is 3.42. The molecule has 0 spiro atoms. The minimum absolute atomic E-state index is 0.142. The Balaban J connectivity index is 1.55. The number of benzene rings is 1. The van der Waals surface area contributed by atoms with Crippen molar-refractivity contribution in [3.63, 3.8) is 0 Å². The van der Waals surface area contributed by atoms with Crippen LogP contribution in [0.25, 0.3) is 11.5 Å². The minimum atomic E-state index is -0.702. The molecule has 3 aromatic rings. The zero-order valence-corrected chi connectivity index (χ0v) is 18.4. The highest BCUT2D eigenvalue weighted by molar-refractivity contribution is 6.04. The predicted molar refractivity (Wildman–Crippen MR) is 116 cm³/mol. The van der Waals surface area contributed by atoms with E-state index in [0.29, 0.717) is 30.4 Å². The molecule has 1 aromatic carbocycles. The molecular formula is C22H25FN6O3. The molecule has 0 unspecified atom stereocenters. The first-order chi connectivity index (χ1) is 15.3. The van der Waals surface area contributed by atoms with Gasteiger partial charge in [-0.15, -0.1) is 10.2 Å². The molecule has 1 aliphatic rings. The fourth-order valence-corrected chi connectivity index (χ4v) is 3.42. The van der Waals surface area contributed by atoms with Crippen LogP contribution in [0.5, 0.6) is 11.5 Å². The molecule has 1 atom stereocenters. The van der Waals surface area contributed by atoms with E-state index < -0.39 is 11.7 Å². The normalized spacial score (nSPS) is 15.3. The van der Waals surface area contributed by atoms with Crippen LogP contribution in [0.3, 0.4) is 0 Å². The van der Waals surface area contributed by atoms with E-state index in [1.165, 1.54) is 12.1 Å². The number of aromatic nitrogens is 4. The molecular weight excluding hydrogens is 415 g/mol. The van der Waals surface area contributed by atoms with Crippen LogP contribution in [-0.2, 0) is 0 Å². The molecule has 9 nitrogen and oxygen atoms in total. The molecule has 0 radical (unpaired) electrons. The van der Waals surface area contributed by atoms with Gasteiger partial charge in [0.05, 0.1) is 5.56 Å². The lowest BCUT2D eigenvalue weighted by atomic mass is 10.1. The first-order valence-corrected chi connectivity index (χ1v) is 10.3. The SMILES string of the molecule is CC(C)n1cnnc1-c1cccc(NC(=O)c2cc3c(cc2F)OC[C@H](CN(C)C)O3)n1. The van der Waals surface area contributed by atoms with Gasteiger partial charge >= 0.3 is 0 Å². The van der Waals surface area contributed by atoms with Gasteiger partial charge in [-0.1, -0.05) is 6.07 Å². The van der Waals surface area contributed by atoms with Crippen molar-refractivity contribution in [2.75, 3.05) is 32.6 Å². The monoisotopic (exact) mass is 440 g/mol. The van der Waals surface area contributed by atoms with Gasteiger partial charge < -0.3 is 24.3 Å². The van der Waals surface area contributed by atoms with Crippen LogP contribution in [0.2, 0.25) is 0 Å². The molecule has 2 aromatic heterocycles. The van der Waals surface area contributed by atoms with Crippen LogP contribution in [0.1, 0.15) is 30.2 Å². The number of pyridine rings is 1. The van der Waals surface area contributed by atoms with E-state index in [9.17, 15) is 9.18 Å². The molecule has 10 heteroatoms. The third kappa shape index (κ3) is 4.54. The van der Waals surface area contributed by atoms with E-state index in [0.717, 1.165) is 0 Å². The summed E-state index contributed by atoms with van der Waals surface area (Å²) in [4.78, 5) is 19.2. The molecule has 0 bridgehead atoms. The number of fused-ring (bicyclic) bond motifs is 1. The molecule has 4 rings (SSSR count). The second kappa shape index (κ2) is 8.91. The average molecular weight is 440 g/mol. The molecule has 168 valence electrons. The number of nitrogens with one attached hydrogen (secondary N) is 1. The van der Waals surface area contributed by atoms with Crippen molar-refractivity contribution < 1.29 is 18.7 Å². The van der Waals surface area contributed by atoms with Crippen LogP contribution < -0.4 is 14.8 Å². The van der Waals surface area contributed by atoms with Crippen molar-refractivity contribution in [1.29, 1.82) is 0 Å². The summed E-state index contributed by atoms with van der Waals surface area (Å²) < 4.78 is 28.0. The summed E-state index contributed by atoms with van der Waals surface area (Å²) in [5.74, 6) is 0.118. The maximum Gasteiger partial charge on any atom is 0.259 e. The number of rotatable bonds is 6. The van der Waals surface area contributed by atoms with E-state index in [1.54, 1.807) is 24.5 Å². The highest BCUT2D eigenvalue weighted by Crippen LogP contribution is 2.34. The zero-order chi connectivity index (χ0) is 22.8. The standard InChI is InChI=1S/C22H25FN6O3/c1-13(2)29-12-24-27-21(29)17-6-5-7-20(25-17)26-22(30)15-8-19-18(9-16(15)23)31-11-14(32-19)10-28(3)4/h5-9,12-14H,10-11H2,1-4H3,(H,25,26,30)/t14-/m0/s1. The Hall–Kier alpha value is -3.53. The number of nitrogens with zero attached hydrogens (tertiary/aromatic N) is 5. The second-order valence-corrected chi connectivity index (χ2v) is 8.11. The molecule has 1 amide bonds. The summed E-state index contributed by atoms with van der Waals surface area (Å²) >= 11 is 0. The molecule has 0 aliphatic carbocycles. The van der Waals surface area contributed by atoms with E-state index in [1.807, 2.05) is 37.4 Å². The lowest BCUT2D eigenvalue weighted by Gasteiger charge is -2.28. The van der Waals surface area contributed by atoms with Gasteiger partial charge in [-0.05, 0) is 46.1 Å². The Morgan fingerprint density at radius 1 is 1.31 bits per heavy atom. The molecule has 1 N–H and O–H groups in total. The largest absolute Gasteiger partial charge is 0.486 e. The Morgan fingerprint density at radius 3 is 2.88 bits per heavy atom. The first-order valence-electron chi connectivity index (χ1n) is 10.3. The highest BCUT2D eigenvalue weighted by Gasteiger charge is 2.25. The summed E-state index contributed by atoms with van der Waals surface area (Å²) in [6, 6.07) is 7.81. The molecule has 32 heavy (non-hydrogen) atoms. The first kappa shape index (κ1) is 21.7. The number of anilines is 1. The molecule has 3 heterocycles. The summed E-state index contributed by atoms with van der Waals surface area (Å²) in [7, 11) is 3.85. The summed E-state index contributed by atoms with van der Waals surface area (Å²) in [6.45, 7) is 4.96. The fraction of sp³-hybridized carbons (Fsp3) is 0.364. The van der Waals surface area contributed by atoms with Gasteiger partial charge in [0, 0.05) is 18.7 Å². The quantitative estimate of drug-likeness (QED) is 0.630. The minimum Gasteiger partial charge on any atom is -0.486 e. The maximum absolute atomic E-state index is 14.6. The Kier molecular flexibility index (Phi) is 6.04. The third-order valence-electron chi connectivity index (χ3n) is 4.91. The molecule has 0 fully saturated rings. The van der Waals surface area contributed by atoms with E-state index in [2.05, 4.69) is 20.5 Å². The van der Waals surface area contributed by atoms with E-state index in [4.69, 9.17) is 9.47 Å². The number of amides is 1. The number of ether oxygens (including phenoxy) is 2. The van der Waals surface area contributed by atoms with Crippen LogP contribution >= 0.6 is 0 Å². The Morgan fingerprint density at radius 2 is 2.12 bits per heavy atom. The molecule has 0 saturated heterocycles. The number of likely N-dealkylation sites (N-methyl/N-ethyl adjacent to an activating group) is 1. The van der Waals surface area contributed by atoms with Gasteiger partial charge in [-0.2, -0.15) is 0 Å². The van der Waals surface area contributed by atoms with Gasteiger partial charge in [0.25, 0.3) is 5.91 Å². The maximum atomic E-state index is 14.6. The second-order valence-electron chi connectivity index (χ2n) is 8.11. The Bertz CT molecular complexity index is 1130. The smallest absolute Gasteiger partial charge is 0.259 e. The van der Waals surface area contributed by atoms with Crippen LogP contribution in [0.15, 0.2) is 36.7 Å². The topological polar surface area (TPSA) is 94.4 Å². The third-order valence-corrected chi connectivity index (χ3v) is 4.91. The lowest BCUT2D eigenvalue weighted by Crippen LogP contribution is -2.38. The van der Waals surface area contributed by atoms with Crippen molar-refractivity contribution >= 4 is 11.7 Å². The van der Waals surface area contributed by atoms with E-state index >= 15 is 0 Å². The van der Waals surface area contributed by atoms with Crippen molar-refractivity contribution in [3.05, 3.63) is 48.0 Å². The van der Waals surface area contributed by atoms with Gasteiger partial charge in [0.2, 0.25) is 0 Å². The number of hydrogen-bond donors (Lipinski definition) is 1. The summed E-state index contributed by atoms with van der Waals surface area (Å²) in [5.41, 5.74) is 0.388. The van der Waals surface area contributed by atoms with Crippen LogP contribution in [-0.4, -0.2) is 63.9 Å². The van der Waals surface area contributed by atoms with Crippen molar-refractivity contribution in [2.45, 2.75) is 26.0 Å². The number of hydrogen-bond acceptors (Lipinski definition) is 7. The van der Waals surface area contributed by atoms with Crippen molar-refractivity contribution in [2.24, 2.45) is 0 Å². The molecule has 1 aliphatic heterocycles. The lowest BCUT2D eigenvalue weighted by molar-refractivity contribution is 0.0703. The van der Waals surface area contributed by atoms with Crippen molar-refractivity contribution in [3.8, 4) is 23.0 Å². The van der Waals surface area contributed by atoms with Gasteiger partial charge in [-0.25, -0.2) is 9.37 Å². The predicted octanol–water partition coefficient (Wildman–Crippen LogP) is 3.01. The van der Waals surface area contributed by atoms with Gasteiger partial charge in [-0.3, -0.25) is 4.79 Å². The zero-order valence-electron chi connectivity index (χ0n) is 18.4. The number of carbonyl (C=O) groups excluding carboxylic acids is 1. The summed E-state index contributed by atoms with van der Waals surface area (Å²) in [6.07, 6.45) is 1.41. The van der Waals surface area contributed by atoms with Crippen LogP contribution in [0.4, 0.5) is 10.2 Å². The number of halogens is 1. The Labute approximate surface area is 185 Å². The van der Waals surface area contributed by atoms with E-state index in [-0.39, 0.29) is 29.3 Å². The number of carbonyl (C=O) groups is 1. The van der Waals surface area contributed by atoms with Crippen molar-refractivity contribution in [1.82, 2.24) is 24.6 Å². The van der Waals surface area contributed by atoms with Gasteiger partial charge in [0.15, 0.2) is 17.3 Å². The van der Waals surface area contributed by atoms with Crippen LogP contribution in [0, 0.1) is 5.82 Å². The summed E-state index contributed by atoms with van der Waals surface area (Å²) in [5, 5.41) is 10.7. The average Bonchev–Trinajstić information content (AvgIpc) is 3.23. The molecule has 0 saturated carbocycles. The van der Waals surface area contributed by atoms with Gasteiger partial charge in [0.1, 0.15) is 36.4 Å². The highest BCUT2D eigenvalue weighted by atomic mass is 19.1.